The van der Waals surface area contributed by atoms with Crippen LogP contribution in [0.15, 0.2) is 40.5 Å². The Bertz CT molecular complexity index is 1100. The third-order valence-electron chi connectivity index (χ3n) is 5.43. The molecule has 172 valence electrons. The summed E-state index contributed by atoms with van der Waals surface area (Å²) >= 11 is 0. The second-order valence-corrected chi connectivity index (χ2v) is 7.23. The summed E-state index contributed by atoms with van der Waals surface area (Å²) in [6.45, 7) is 1.88. The molecule has 1 unspecified atom stereocenters. The first-order chi connectivity index (χ1) is 15.4. The SMILES string of the molecule is CCCc1cc2c(c(=O)n1CCO)C(c1cccc(OC)c1OC)C(C(=O)OC)=C(N)O2. The average Bonchev–Trinajstić information content (AvgIpc) is 2.79. The number of esters is 1. The van der Waals surface area contributed by atoms with Gasteiger partial charge in [0, 0.05) is 23.9 Å². The highest BCUT2D eigenvalue weighted by Crippen LogP contribution is 2.46. The summed E-state index contributed by atoms with van der Waals surface area (Å²) in [5.41, 5.74) is 7.18. The van der Waals surface area contributed by atoms with Gasteiger partial charge in [0.15, 0.2) is 11.5 Å². The van der Waals surface area contributed by atoms with Gasteiger partial charge in [0.2, 0.25) is 5.88 Å². The number of aryl methyl sites for hydroxylation is 1. The van der Waals surface area contributed by atoms with E-state index in [1.807, 2.05) is 6.92 Å². The van der Waals surface area contributed by atoms with E-state index in [9.17, 15) is 14.7 Å². The Morgan fingerprint density at radius 2 is 2.00 bits per heavy atom. The van der Waals surface area contributed by atoms with E-state index in [0.717, 1.165) is 6.42 Å². The minimum absolute atomic E-state index is 0.0116. The Labute approximate surface area is 186 Å². The van der Waals surface area contributed by atoms with Gasteiger partial charge in [-0.1, -0.05) is 25.5 Å². The molecule has 1 aliphatic heterocycles. The highest BCUT2D eigenvalue weighted by molar-refractivity contribution is 5.93. The first kappa shape index (κ1) is 23.2. The molecule has 0 spiro atoms. The molecular weight excluding hydrogens is 416 g/mol. The number of nitrogens with zero attached hydrogens (tertiary/aromatic N) is 1. The van der Waals surface area contributed by atoms with Crippen molar-refractivity contribution in [2.24, 2.45) is 5.73 Å². The number of nitrogens with two attached hydrogens (primary N) is 1. The molecule has 0 aliphatic carbocycles. The minimum atomic E-state index is -0.927. The van der Waals surface area contributed by atoms with Crippen LogP contribution in [0, 0.1) is 0 Å². The summed E-state index contributed by atoms with van der Waals surface area (Å²) < 4.78 is 23.2. The maximum atomic E-state index is 13.7. The zero-order chi connectivity index (χ0) is 23.4. The van der Waals surface area contributed by atoms with Gasteiger partial charge in [0.1, 0.15) is 11.3 Å². The second kappa shape index (κ2) is 9.78. The number of rotatable bonds is 8. The van der Waals surface area contributed by atoms with E-state index in [4.69, 9.17) is 24.7 Å². The van der Waals surface area contributed by atoms with Gasteiger partial charge >= 0.3 is 5.97 Å². The second-order valence-electron chi connectivity index (χ2n) is 7.23. The van der Waals surface area contributed by atoms with Crippen LogP contribution in [0.5, 0.6) is 17.2 Å². The number of para-hydroxylation sites is 1. The standard InChI is InChI=1S/C23H28N2O7/c1-5-7-13-12-16-18(22(27)25(13)10-11-26)17(19(21(24)32-16)23(28)31-4)14-8-6-9-15(29-2)20(14)30-3/h6,8-9,12,17,26H,5,7,10-11,24H2,1-4H3. The van der Waals surface area contributed by atoms with E-state index >= 15 is 0 Å². The topological polar surface area (TPSA) is 122 Å². The lowest BCUT2D eigenvalue weighted by molar-refractivity contribution is -0.136. The first-order valence-electron chi connectivity index (χ1n) is 10.3. The van der Waals surface area contributed by atoms with E-state index in [0.29, 0.717) is 29.2 Å². The van der Waals surface area contributed by atoms with Gasteiger partial charge in [-0.2, -0.15) is 0 Å². The van der Waals surface area contributed by atoms with Gasteiger partial charge in [-0.3, -0.25) is 4.79 Å². The van der Waals surface area contributed by atoms with E-state index in [-0.39, 0.29) is 41.5 Å². The molecule has 3 rings (SSSR count). The number of hydrogen-bond acceptors (Lipinski definition) is 8. The van der Waals surface area contributed by atoms with Gasteiger partial charge < -0.3 is 34.4 Å². The zero-order valence-electron chi connectivity index (χ0n) is 18.6. The van der Waals surface area contributed by atoms with Crippen LogP contribution in [0.3, 0.4) is 0 Å². The highest BCUT2D eigenvalue weighted by Gasteiger charge is 2.40. The zero-order valence-corrected chi connectivity index (χ0v) is 18.6. The van der Waals surface area contributed by atoms with Crippen molar-refractivity contribution in [3.05, 3.63) is 62.9 Å². The summed E-state index contributed by atoms with van der Waals surface area (Å²) in [6, 6.07) is 6.90. The lowest BCUT2D eigenvalue weighted by atomic mass is 9.82. The Morgan fingerprint density at radius 1 is 1.25 bits per heavy atom. The third kappa shape index (κ3) is 3.91. The fraction of sp³-hybridized carbons (Fsp3) is 0.391. The van der Waals surface area contributed by atoms with Gasteiger partial charge in [-0.05, 0) is 12.5 Å². The molecule has 0 saturated heterocycles. The molecule has 1 aromatic carbocycles. The number of fused-ring (bicyclic) bond motifs is 1. The summed E-state index contributed by atoms with van der Waals surface area (Å²) in [4.78, 5) is 26.4. The quantitative estimate of drug-likeness (QED) is 0.590. The molecule has 2 aromatic rings. The normalized spacial score (nSPS) is 15.1. The maximum absolute atomic E-state index is 13.7. The van der Waals surface area contributed by atoms with Gasteiger partial charge in [0.25, 0.3) is 5.56 Å². The van der Waals surface area contributed by atoms with Gasteiger partial charge in [-0.15, -0.1) is 0 Å². The number of aliphatic hydroxyl groups is 1. The van der Waals surface area contributed by atoms with Crippen LogP contribution in [-0.4, -0.2) is 43.6 Å². The largest absolute Gasteiger partial charge is 0.493 e. The van der Waals surface area contributed by atoms with Crippen LogP contribution < -0.4 is 25.5 Å². The van der Waals surface area contributed by atoms with Crippen molar-refractivity contribution in [3.63, 3.8) is 0 Å². The van der Waals surface area contributed by atoms with Crippen LogP contribution in [-0.2, 0) is 22.5 Å². The molecule has 3 N–H and O–H groups in total. The molecule has 1 aromatic heterocycles. The van der Waals surface area contributed by atoms with E-state index < -0.39 is 11.9 Å². The Morgan fingerprint density at radius 3 is 2.59 bits per heavy atom. The number of hydrogen-bond donors (Lipinski definition) is 2. The monoisotopic (exact) mass is 444 g/mol. The molecule has 0 radical (unpaired) electrons. The Hall–Kier alpha value is -3.46. The Kier molecular flexibility index (Phi) is 7.09. The number of aliphatic hydroxyl groups excluding tert-OH is 1. The van der Waals surface area contributed by atoms with Crippen molar-refractivity contribution in [2.45, 2.75) is 32.2 Å². The number of ether oxygens (including phenoxy) is 4. The molecule has 0 amide bonds. The fourth-order valence-corrected chi connectivity index (χ4v) is 4.09. The van der Waals surface area contributed by atoms with E-state index in [1.54, 1.807) is 24.3 Å². The highest BCUT2D eigenvalue weighted by atomic mass is 16.5. The van der Waals surface area contributed by atoms with Crippen LogP contribution in [0.2, 0.25) is 0 Å². The smallest absolute Gasteiger partial charge is 0.340 e. The lowest BCUT2D eigenvalue weighted by Crippen LogP contribution is -2.36. The van der Waals surface area contributed by atoms with Crippen molar-refractivity contribution in [1.29, 1.82) is 0 Å². The molecule has 1 atom stereocenters. The molecule has 0 bridgehead atoms. The molecular formula is C23H28N2O7. The van der Waals surface area contributed by atoms with Crippen LogP contribution in [0.1, 0.15) is 36.1 Å². The molecule has 32 heavy (non-hydrogen) atoms. The van der Waals surface area contributed by atoms with Crippen LogP contribution >= 0.6 is 0 Å². The van der Waals surface area contributed by atoms with Crippen molar-refractivity contribution in [2.75, 3.05) is 27.9 Å². The number of carbonyl (C=O) groups is 1. The van der Waals surface area contributed by atoms with E-state index in [1.165, 1.54) is 25.9 Å². The van der Waals surface area contributed by atoms with Gasteiger partial charge in [0.05, 0.1) is 39.4 Å². The van der Waals surface area contributed by atoms with Crippen molar-refractivity contribution >= 4 is 5.97 Å². The average molecular weight is 444 g/mol. The number of methoxy groups -OCH3 is 3. The van der Waals surface area contributed by atoms with Crippen molar-refractivity contribution in [3.8, 4) is 17.2 Å². The van der Waals surface area contributed by atoms with Crippen LogP contribution in [0.25, 0.3) is 0 Å². The number of carbonyl (C=O) groups excluding carboxylic acids is 1. The molecule has 9 nitrogen and oxygen atoms in total. The Balaban J connectivity index is 2.41. The van der Waals surface area contributed by atoms with Crippen molar-refractivity contribution < 1.29 is 28.8 Å². The summed E-state index contributed by atoms with van der Waals surface area (Å²) in [5.74, 6) is -0.765. The fourth-order valence-electron chi connectivity index (χ4n) is 4.09. The lowest BCUT2D eigenvalue weighted by Gasteiger charge is -2.30. The molecule has 0 fully saturated rings. The molecule has 0 saturated carbocycles. The summed E-state index contributed by atoms with van der Waals surface area (Å²) in [7, 11) is 4.20. The van der Waals surface area contributed by atoms with Crippen molar-refractivity contribution in [1.82, 2.24) is 4.57 Å². The minimum Gasteiger partial charge on any atom is -0.493 e. The predicted octanol–water partition coefficient (Wildman–Crippen LogP) is 1.68. The van der Waals surface area contributed by atoms with E-state index in [2.05, 4.69) is 0 Å². The molecule has 1 aliphatic rings. The predicted molar refractivity (Wildman–Crippen MR) is 117 cm³/mol. The number of benzene rings is 1. The summed E-state index contributed by atoms with van der Waals surface area (Å²) in [5, 5.41) is 9.56. The van der Waals surface area contributed by atoms with Gasteiger partial charge in [-0.25, -0.2) is 4.79 Å². The maximum Gasteiger partial charge on any atom is 0.340 e. The first-order valence-corrected chi connectivity index (χ1v) is 10.3. The number of aromatic nitrogens is 1. The van der Waals surface area contributed by atoms with Crippen LogP contribution in [0.4, 0.5) is 0 Å². The number of pyridine rings is 1. The summed E-state index contributed by atoms with van der Waals surface area (Å²) in [6.07, 6.45) is 1.39. The third-order valence-corrected chi connectivity index (χ3v) is 5.43. The molecule has 2 heterocycles. The molecule has 9 heteroatoms.